The molecule has 3 unspecified atom stereocenters. The molecule has 2 rings (SSSR count). The highest BCUT2D eigenvalue weighted by Gasteiger charge is 2.43. The third-order valence-corrected chi connectivity index (χ3v) is 5.15. The van der Waals surface area contributed by atoms with E-state index in [0.717, 1.165) is 32.1 Å². The number of Topliss-reactive ketones (excluding diaryl/α,β-unsaturated/α-hetero) is 1. The summed E-state index contributed by atoms with van der Waals surface area (Å²) in [6.07, 6.45) is 4.42. The molecular formula is C15H25NO3. The minimum atomic E-state index is -0.650. The molecule has 1 N–H and O–H groups in total. The molecule has 0 spiro atoms. The molecule has 1 aliphatic carbocycles. The predicted molar refractivity (Wildman–Crippen MR) is 72.9 cm³/mol. The zero-order valence-electron chi connectivity index (χ0n) is 12.1. The van der Waals surface area contributed by atoms with Crippen LogP contribution in [0.5, 0.6) is 0 Å². The third-order valence-electron chi connectivity index (χ3n) is 5.15. The van der Waals surface area contributed by atoms with Gasteiger partial charge < -0.3 is 5.11 Å². The van der Waals surface area contributed by atoms with E-state index in [9.17, 15) is 9.59 Å². The highest BCUT2D eigenvalue weighted by atomic mass is 16.4. The lowest BCUT2D eigenvalue weighted by atomic mass is 9.84. The highest BCUT2D eigenvalue weighted by molar-refractivity contribution is 5.79. The summed E-state index contributed by atoms with van der Waals surface area (Å²) in [5.41, 5.74) is 0. The first-order valence-corrected chi connectivity index (χ1v) is 7.42. The summed E-state index contributed by atoms with van der Waals surface area (Å²) in [4.78, 5) is 25.1. The zero-order chi connectivity index (χ0) is 14.2. The molecule has 4 nitrogen and oxygen atoms in total. The van der Waals surface area contributed by atoms with E-state index in [2.05, 4.69) is 18.7 Å². The summed E-state index contributed by atoms with van der Waals surface area (Å²) in [6, 6.07) is 1.21. The van der Waals surface area contributed by atoms with Gasteiger partial charge in [-0.1, -0.05) is 0 Å². The summed E-state index contributed by atoms with van der Waals surface area (Å²) in [5.74, 6) is -0.357. The molecule has 0 aromatic rings. The largest absolute Gasteiger partial charge is 0.481 e. The number of hydrogen-bond donors (Lipinski definition) is 1. The Bertz CT molecular complexity index is 360. The van der Waals surface area contributed by atoms with Gasteiger partial charge in [-0.25, -0.2) is 0 Å². The maximum absolute atomic E-state index is 11.7. The Morgan fingerprint density at radius 1 is 1.11 bits per heavy atom. The van der Waals surface area contributed by atoms with Gasteiger partial charge in [0.05, 0.1) is 5.92 Å². The minimum Gasteiger partial charge on any atom is -0.481 e. The summed E-state index contributed by atoms with van der Waals surface area (Å²) >= 11 is 0. The first-order chi connectivity index (χ1) is 8.91. The maximum atomic E-state index is 11.7. The molecule has 2 fully saturated rings. The van der Waals surface area contributed by atoms with Crippen LogP contribution in [0.1, 0.15) is 52.9 Å². The molecule has 0 aromatic heterocycles. The topological polar surface area (TPSA) is 57.6 Å². The van der Waals surface area contributed by atoms with E-state index in [1.54, 1.807) is 6.92 Å². The number of carboxylic acids is 1. The van der Waals surface area contributed by atoms with Crippen LogP contribution >= 0.6 is 0 Å². The molecule has 1 heterocycles. The van der Waals surface area contributed by atoms with Crippen molar-refractivity contribution in [3.63, 3.8) is 0 Å². The average Bonchev–Trinajstić information content (AvgIpc) is 2.65. The van der Waals surface area contributed by atoms with Crippen LogP contribution in [-0.4, -0.2) is 39.9 Å². The quantitative estimate of drug-likeness (QED) is 0.852. The lowest BCUT2D eigenvalue weighted by Gasteiger charge is -2.39. The third kappa shape index (κ3) is 2.83. The first kappa shape index (κ1) is 14.5. The molecule has 19 heavy (non-hydrogen) atoms. The fraction of sp³-hybridized carbons (Fsp3) is 0.867. The second-order valence-corrected chi connectivity index (χ2v) is 6.33. The normalized spacial score (nSPS) is 40.3. The van der Waals surface area contributed by atoms with E-state index in [4.69, 9.17) is 5.11 Å². The molecular weight excluding hydrogens is 242 g/mol. The smallest absolute Gasteiger partial charge is 0.306 e. The second kappa shape index (κ2) is 5.61. The summed E-state index contributed by atoms with van der Waals surface area (Å²) < 4.78 is 0. The van der Waals surface area contributed by atoms with Crippen molar-refractivity contribution in [2.24, 2.45) is 11.8 Å². The number of likely N-dealkylation sites (tertiary alicyclic amines) is 1. The molecule has 2 aliphatic rings. The molecule has 4 heteroatoms. The second-order valence-electron chi connectivity index (χ2n) is 6.33. The van der Waals surface area contributed by atoms with Crippen LogP contribution in [0.3, 0.4) is 0 Å². The van der Waals surface area contributed by atoms with Crippen LogP contribution in [0.2, 0.25) is 0 Å². The van der Waals surface area contributed by atoms with Crippen molar-refractivity contribution in [1.82, 2.24) is 4.90 Å². The van der Waals surface area contributed by atoms with Crippen LogP contribution in [0.25, 0.3) is 0 Å². The minimum absolute atomic E-state index is 0.159. The van der Waals surface area contributed by atoms with Crippen molar-refractivity contribution in [3.8, 4) is 0 Å². The van der Waals surface area contributed by atoms with Gasteiger partial charge in [0.1, 0.15) is 5.78 Å². The van der Waals surface area contributed by atoms with Gasteiger partial charge in [-0.05, 0) is 52.9 Å². The van der Waals surface area contributed by atoms with Crippen LogP contribution in [0.4, 0.5) is 0 Å². The molecule has 1 saturated carbocycles. The fourth-order valence-corrected chi connectivity index (χ4v) is 4.11. The predicted octanol–water partition coefficient (Wildman–Crippen LogP) is 2.32. The van der Waals surface area contributed by atoms with Crippen molar-refractivity contribution in [1.29, 1.82) is 0 Å². The Kier molecular flexibility index (Phi) is 4.29. The van der Waals surface area contributed by atoms with Crippen molar-refractivity contribution in [3.05, 3.63) is 0 Å². The van der Waals surface area contributed by atoms with Gasteiger partial charge in [-0.15, -0.1) is 0 Å². The van der Waals surface area contributed by atoms with Crippen molar-refractivity contribution >= 4 is 11.8 Å². The first-order valence-electron chi connectivity index (χ1n) is 7.42. The number of carbonyl (C=O) groups is 2. The molecule has 0 amide bonds. The summed E-state index contributed by atoms with van der Waals surface area (Å²) in [7, 11) is 0. The molecule has 0 radical (unpaired) electrons. The number of hydrogen-bond acceptors (Lipinski definition) is 3. The lowest BCUT2D eigenvalue weighted by molar-refractivity contribution is -0.143. The number of rotatable bonds is 3. The Morgan fingerprint density at radius 2 is 1.68 bits per heavy atom. The number of nitrogens with zero attached hydrogens (tertiary/aromatic N) is 1. The van der Waals surface area contributed by atoms with Gasteiger partial charge in [0, 0.05) is 24.0 Å². The van der Waals surface area contributed by atoms with E-state index in [1.807, 2.05) is 0 Å². The van der Waals surface area contributed by atoms with Gasteiger partial charge in [0.2, 0.25) is 0 Å². The van der Waals surface area contributed by atoms with E-state index >= 15 is 0 Å². The maximum Gasteiger partial charge on any atom is 0.306 e. The molecule has 1 aliphatic heterocycles. The fourth-order valence-electron chi connectivity index (χ4n) is 4.11. The van der Waals surface area contributed by atoms with E-state index in [-0.39, 0.29) is 11.8 Å². The van der Waals surface area contributed by atoms with Crippen LogP contribution in [0.15, 0.2) is 0 Å². The number of carbonyl (C=O) groups excluding carboxylic acids is 1. The Balaban J connectivity index is 1.99. The zero-order valence-corrected chi connectivity index (χ0v) is 12.1. The Morgan fingerprint density at radius 3 is 2.11 bits per heavy atom. The van der Waals surface area contributed by atoms with Crippen molar-refractivity contribution in [2.75, 3.05) is 0 Å². The van der Waals surface area contributed by atoms with Gasteiger partial charge in [-0.3, -0.25) is 14.5 Å². The van der Waals surface area contributed by atoms with E-state index in [1.165, 1.54) is 0 Å². The molecule has 1 saturated heterocycles. The SMILES string of the molecule is CC(=O)C1CC(C)N(C2CCC(C(=O)O)CC2)C1C. The van der Waals surface area contributed by atoms with Crippen LogP contribution in [-0.2, 0) is 9.59 Å². The molecule has 0 aromatic carbocycles. The Labute approximate surface area is 115 Å². The average molecular weight is 267 g/mol. The van der Waals surface area contributed by atoms with Crippen LogP contribution in [0, 0.1) is 11.8 Å². The van der Waals surface area contributed by atoms with Gasteiger partial charge in [0.15, 0.2) is 0 Å². The Hall–Kier alpha value is -0.900. The molecule has 0 bridgehead atoms. The molecule has 108 valence electrons. The highest BCUT2D eigenvalue weighted by Crippen LogP contribution is 2.37. The molecule has 3 atom stereocenters. The van der Waals surface area contributed by atoms with Crippen molar-refractivity contribution < 1.29 is 14.7 Å². The summed E-state index contributed by atoms with van der Waals surface area (Å²) in [6.45, 7) is 6.04. The number of carboxylic acid groups (broad SMARTS) is 1. The number of aliphatic carboxylic acids is 1. The van der Waals surface area contributed by atoms with E-state index in [0.29, 0.717) is 23.9 Å². The van der Waals surface area contributed by atoms with Gasteiger partial charge in [0.25, 0.3) is 0 Å². The monoisotopic (exact) mass is 267 g/mol. The lowest BCUT2D eigenvalue weighted by Crippen LogP contribution is -2.45. The van der Waals surface area contributed by atoms with Crippen molar-refractivity contribution in [2.45, 2.75) is 71.0 Å². The van der Waals surface area contributed by atoms with E-state index < -0.39 is 5.97 Å². The van der Waals surface area contributed by atoms with Gasteiger partial charge in [-0.2, -0.15) is 0 Å². The number of ketones is 1. The van der Waals surface area contributed by atoms with Crippen LogP contribution < -0.4 is 0 Å². The van der Waals surface area contributed by atoms with Gasteiger partial charge >= 0.3 is 5.97 Å². The summed E-state index contributed by atoms with van der Waals surface area (Å²) in [5, 5.41) is 9.05. The standard InChI is InChI=1S/C15H25NO3/c1-9-8-14(11(3)17)10(2)16(9)13-6-4-12(5-7-13)15(18)19/h9-10,12-14H,4-8H2,1-3H3,(H,18,19).